The van der Waals surface area contributed by atoms with Crippen molar-refractivity contribution < 1.29 is 4.79 Å². The van der Waals surface area contributed by atoms with Crippen molar-refractivity contribution in [1.82, 2.24) is 9.97 Å². The van der Waals surface area contributed by atoms with Gasteiger partial charge in [-0.3, -0.25) is 9.78 Å². The molecule has 0 aromatic carbocycles. The lowest BCUT2D eigenvalue weighted by Gasteiger charge is -2.06. The molecule has 2 aromatic rings. The number of nitrogens with zero attached hydrogens (tertiary/aromatic N) is 2. The number of carbonyl (C=O) groups excluding carboxylic acids is 1. The Labute approximate surface area is 111 Å². The van der Waals surface area contributed by atoms with E-state index in [0.29, 0.717) is 17.9 Å². The molecule has 0 saturated heterocycles. The first-order valence-electron chi connectivity index (χ1n) is 5.82. The molecule has 0 saturated carbocycles. The quantitative estimate of drug-likeness (QED) is 0.804. The van der Waals surface area contributed by atoms with Crippen LogP contribution in [0.3, 0.4) is 0 Å². The van der Waals surface area contributed by atoms with Gasteiger partial charge < -0.3 is 10.6 Å². The summed E-state index contributed by atoms with van der Waals surface area (Å²) in [5.74, 6) is 0.269. The second-order valence-corrected chi connectivity index (χ2v) is 3.80. The van der Waals surface area contributed by atoms with Crippen molar-refractivity contribution in [2.24, 2.45) is 0 Å². The number of carbonyl (C=O) groups is 1. The first-order valence-corrected chi connectivity index (χ1v) is 5.82. The summed E-state index contributed by atoms with van der Waals surface area (Å²) >= 11 is 0. The molecule has 0 atom stereocenters. The molecule has 2 heterocycles. The molecule has 0 spiro atoms. The summed E-state index contributed by atoms with van der Waals surface area (Å²) in [6, 6.07) is 6.99. The molecule has 0 aliphatic carbocycles. The van der Waals surface area contributed by atoms with Crippen LogP contribution >= 0.6 is 0 Å². The molecule has 5 nitrogen and oxygen atoms in total. The van der Waals surface area contributed by atoms with Crippen LogP contribution in [-0.4, -0.2) is 22.4 Å². The van der Waals surface area contributed by atoms with E-state index in [1.54, 1.807) is 36.7 Å². The van der Waals surface area contributed by atoms with Crippen LogP contribution in [0.5, 0.6) is 0 Å². The van der Waals surface area contributed by atoms with Crippen molar-refractivity contribution in [3.63, 3.8) is 0 Å². The minimum atomic E-state index is -0.229. The highest BCUT2D eigenvalue weighted by atomic mass is 16.1. The second kappa shape index (κ2) is 6.30. The summed E-state index contributed by atoms with van der Waals surface area (Å²) in [7, 11) is 0. The number of hydrogen-bond donors (Lipinski definition) is 2. The van der Waals surface area contributed by atoms with Crippen LogP contribution in [0.15, 0.2) is 55.5 Å². The van der Waals surface area contributed by atoms with Gasteiger partial charge in [-0.2, -0.15) is 0 Å². The van der Waals surface area contributed by atoms with Gasteiger partial charge in [0.2, 0.25) is 0 Å². The third-order valence-corrected chi connectivity index (χ3v) is 2.38. The molecule has 2 N–H and O–H groups in total. The maximum Gasteiger partial charge on any atom is 0.258 e. The fourth-order valence-electron chi connectivity index (χ4n) is 1.45. The second-order valence-electron chi connectivity index (χ2n) is 3.80. The minimum Gasteiger partial charge on any atom is -0.380 e. The molecular formula is C14H14N4O. The molecule has 0 unspecified atom stereocenters. The van der Waals surface area contributed by atoms with Crippen molar-refractivity contribution in [3.05, 3.63) is 61.1 Å². The van der Waals surface area contributed by atoms with E-state index in [-0.39, 0.29) is 5.91 Å². The van der Waals surface area contributed by atoms with E-state index in [0.717, 1.165) is 5.69 Å². The fraction of sp³-hybridized carbons (Fsp3) is 0.0714. The molecule has 1 amide bonds. The Morgan fingerprint density at radius 2 is 2.21 bits per heavy atom. The predicted octanol–water partition coefficient (Wildman–Crippen LogP) is 2.33. The molecule has 0 radical (unpaired) electrons. The van der Waals surface area contributed by atoms with Crippen LogP contribution in [0.4, 0.5) is 11.5 Å². The summed E-state index contributed by atoms with van der Waals surface area (Å²) in [6.07, 6.45) is 6.55. The van der Waals surface area contributed by atoms with Crippen molar-refractivity contribution >= 4 is 17.4 Å². The maximum absolute atomic E-state index is 11.9. The van der Waals surface area contributed by atoms with Crippen molar-refractivity contribution in [2.75, 3.05) is 17.2 Å². The summed E-state index contributed by atoms with van der Waals surface area (Å²) in [4.78, 5) is 19.9. The average molecular weight is 254 g/mol. The van der Waals surface area contributed by atoms with E-state index in [2.05, 4.69) is 27.2 Å². The minimum absolute atomic E-state index is 0.229. The molecular weight excluding hydrogens is 240 g/mol. The van der Waals surface area contributed by atoms with Gasteiger partial charge in [-0.15, -0.1) is 6.58 Å². The molecule has 19 heavy (non-hydrogen) atoms. The van der Waals surface area contributed by atoms with Crippen molar-refractivity contribution in [2.45, 2.75) is 0 Å². The van der Waals surface area contributed by atoms with Crippen molar-refractivity contribution in [3.8, 4) is 0 Å². The van der Waals surface area contributed by atoms with Crippen LogP contribution in [0, 0.1) is 0 Å². The number of pyridine rings is 2. The SMILES string of the molecule is C=CCNc1ccc(NC(=O)c2cccnc2)nc1. The third kappa shape index (κ3) is 3.64. The largest absolute Gasteiger partial charge is 0.380 e. The summed E-state index contributed by atoms with van der Waals surface area (Å²) in [6.45, 7) is 4.29. The normalized spacial score (nSPS) is 9.68. The molecule has 0 aliphatic heterocycles. The summed E-state index contributed by atoms with van der Waals surface area (Å²) in [5.41, 5.74) is 1.37. The fourth-order valence-corrected chi connectivity index (χ4v) is 1.45. The van der Waals surface area contributed by atoms with Gasteiger partial charge >= 0.3 is 0 Å². The van der Waals surface area contributed by atoms with E-state index < -0.39 is 0 Å². The van der Waals surface area contributed by atoms with Gasteiger partial charge in [0.15, 0.2) is 0 Å². The Morgan fingerprint density at radius 1 is 1.32 bits per heavy atom. The highest BCUT2D eigenvalue weighted by Gasteiger charge is 2.06. The van der Waals surface area contributed by atoms with E-state index in [1.165, 1.54) is 6.20 Å². The van der Waals surface area contributed by atoms with Crippen LogP contribution in [0.1, 0.15) is 10.4 Å². The van der Waals surface area contributed by atoms with Gasteiger partial charge in [0.1, 0.15) is 5.82 Å². The highest BCUT2D eigenvalue weighted by Crippen LogP contribution is 2.10. The average Bonchev–Trinajstić information content (AvgIpc) is 2.47. The van der Waals surface area contributed by atoms with Crippen molar-refractivity contribution in [1.29, 1.82) is 0 Å². The molecule has 0 fully saturated rings. The van der Waals surface area contributed by atoms with Crippen LogP contribution in [-0.2, 0) is 0 Å². The standard InChI is InChI=1S/C14H14N4O/c1-2-7-16-12-5-6-13(17-10-12)18-14(19)11-4-3-8-15-9-11/h2-6,8-10,16H,1,7H2,(H,17,18,19). The zero-order valence-electron chi connectivity index (χ0n) is 10.3. The van der Waals surface area contributed by atoms with Crippen LogP contribution < -0.4 is 10.6 Å². The van der Waals surface area contributed by atoms with Gasteiger partial charge in [-0.1, -0.05) is 6.08 Å². The first-order chi connectivity index (χ1) is 9.29. The maximum atomic E-state index is 11.9. The van der Waals surface area contributed by atoms with E-state index in [9.17, 15) is 4.79 Å². The summed E-state index contributed by atoms with van der Waals surface area (Å²) in [5, 5.41) is 5.81. The van der Waals surface area contributed by atoms with Gasteiger partial charge in [-0.05, 0) is 24.3 Å². The predicted molar refractivity (Wildman–Crippen MR) is 75.1 cm³/mol. The monoisotopic (exact) mass is 254 g/mol. The van der Waals surface area contributed by atoms with E-state index in [1.807, 2.05) is 6.07 Å². The number of amides is 1. The van der Waals surface area contributed by atoms with Gasteiger partial charge in [0, 0.05) is 18.9 Å². The zero-order valence-corrected chi connectivity index (χ0v) is 10.3. The Bertz CT molecular complexity index is 551. The molecule has 2 rings (SSSR count). The van der Waals surface area contributed by atoms with Crippen LogP contribution in [0.2, 0.25) is 0 Å². The lowest BCUT2D eigenvalue weighted by molar-refractivity contribution is 0.102. The Hall–Kier alpha value is -2.69. The third-order valence-electron chi connectivity index (χ3n) is 2.38. The lowest BCUT2D eigenvalue weighted by atomic mass is 10.2. The molecule has 2 aromatic heterocycles. The van der Waals surface area contributed by atoms with Gasteiger partial charge in [-0.25, -0.2) is 4.98 Å². The molecule has 5 heteroatoms. The number of nitrogens with one attached hydrogen (secondary N) is 2. The number of anilines is 2. The smallest absolute Gasteiger partial charge is 0.258 e. The summed E-state index contributed by atoms with van der Waals surface area (Å²) < 4.78 is 0. The molecule has 0 aliphatic rings. The first kappa shape index (κ1) is 12.8. The molecule has 96 valence electrons. The highest BCUT2D eigenvalue weighted by molar-refractivity contribution is 6.03. The molecule has 0 bridgehead atoms. The zero-order chi connectivity index (χ0) is 13.5. The van der Waals surface area contributed by atoms with Gasteiger partial charge in [0.05, 0.1) is 17.4 Å². The number of hydrogen-bond acceptors (Lipinski definition) is 4. The lowest BCUT2D eigenvalue weighted by Crippen LogP contribution is -2.13. The van der Waals surface area contributed by atoms with E-state index in [4.69, 9.17) is 0 Å². The Morgan fingerprint density at radius 3 is 2.84 bits per heavy atom. The van der Waals surface area contributed by atoms with E-state index >= 15 is 0 Å². The topological polar surface area (TPSA) is 66.9 Å². The number of aromatic nitrogens is 2. The number of rotatable bonds is 5. The van der Waals surface area contributed by atoms with Crippen LogP contribution in [0.25, 0.3) is 0 Å². The van der Waals surface area contributed by atoms with Gasteiger partial charge in [0.25, 0.3) is 5.91 Å². The Balaban J connectivity index is 1.99. The Kier molecular flexibility index (Phi) is 4.23.